The quantitative estimate of drug-likeness (QED) is 0.696. The van der Waals surface area contributed by atoms with Gasteiger partial charge >= 0.3 is 0 Å². The summed E-state index contributed by atoms with van der Waals surface area (Å²) in [5.74, 6) is 0. The van der Waals surface area contributed by atoms with Gasteiger partial charge in [-0.15, -0.1) is 0 Å². The summed E-state index contributed by atoms with van der Waals surface area (Å²) in [4.78, 5) is 10.2. The third-order valence-corrected chi connectivity index (χ3v) is 1.98. The summed E-state index contributed by atoms with van der Waals surface area (Å²) in [5.41, 5.74) is 2.53. The molecule has 1 unspecified atom stereocenters. The Morgan fingerprint density at radius 3 is 2.92 bits per heavy atom. The lowest BCUT2D eigenvalue weighted by molar-refractivity contribution is -0.110. The minimum atomic E-state index is 0.208. The van der Waals surface area contributed by atoms with Crippen molar-refractivity contribution in [3.05, 3.63) is 35.4 Å². The number of amides is 1. The highest BCUT2D eigenvalue weighted by molar-refractivity contribution is 5.46. The Morgan fingerprint density at radius 2 is 2.31 bits per heavy atom. The zero-order valence-corrected chi connectivity index (χ0v) is 8.08. The molecular weight excluding hydrogens is 162 g/mol. The summed E-state index contributed by atoms with van der Waals surface area (Å²) >= 11 is 0. The lowest BCUT2D eigenvalue weighted by Gasteiger charge is -2.09. The number of carbonyl (C=O) groups excluding carboxylic acids is 1. The van der Waals surface area contributed by atoms with Crippen LogP contribution in [-0.4, -0.2) is 12.5 Å². The fraction of sp³-hybridized carbons (Fsp3) is 0.364. The van der Waals surface area contributed by atoms with Crippen LogP contribution in [0.1, 0.15) is 18.1 Å². The molecule has 2 heteroatoms. The molecule has 0 heterocycles. The van der Waals surface area contributed by atoms with Crippen molar-refractivity contribution in [1.29, 1.82) is 0 Å². The zero-order chi connectivity index (χ0) is 9.68. The Hall–Kier alpha value is -1.31. The molecule has 70 valence electrons. The second kappa shape index (κ2) is 4.65. The molecule has 0 saturated carbocycles. The van der Waals surface area contributed by atoms with Gasteiger partial charge in [-0.2, -0.15) is 0 Å². The molecule has 1 N–H and O–H groups in total. The number of rotatable bonds is 4. The number of aryl methyl sites for hydroxylation is 1. The molecule has 1 atom stereocenters. The molecule has 0 bridgehead atoms. The Balaban J connectivity index is 2.58. The predicted molar refractivity (Wildman–Crippen MR) is 53.5 cm³/mol. The molecule has 0 spiro atoms. The van der Waals surface area contributed by atoms with Crippen molar-refractivity contribution in [1.82, 2.24) is 5.32 Å². The van der Waals surface area contributed by atoms with Crippen LogP contribution in [0.15, 0.2) is 24.3 Å². The Morgan fingerprint density at radius 1 is 1.54 bits per heavy atom. The average molecular weight is 177 g/mol. The molecule has 1 aromatic rings. The molecular formula is C11H15NO. The van der Waals surface area contributed by atoms with Crippen molar-refractivity contribution in [2.75, 3.05) is 0 Å². The van der Waals surface area contributed by atoms with Gasteiger partial charge in [-0.05, 0) is 25.8 Å². The normalized spacial score (nSPS) is 12.2. The highest BCUT2D eigenvalue weighted by Crippen LogP contribution is 2.06. The molecule has 0 fully saturated rings. The maximum Gasteiger partial charge on any atom is 0.207 e. The fourth-order valence-electron chi connectivity index (χ4n) is 1.37. The van der Waals surface area contributed by atoms with Gasteiger partial charge in [-0.3, -0.25) is 4.79 Å². The van der Waals surface area contributed by atoms with Gasteiger partial charge in [-0.25, -0.2) is 0 Å². The highest BCUT2D eigenvalue weighted by atomic mass is 16.1. The van der Waals surface area contributed by atoms with E-state index >= 15 is 0 Å². The minimum absolute atomic E-state index is 0.208. The van der Waals surface area contributed by atoms with Gasteiger partial charge < -0.3 is 5.32 Å². The van der Waals surface area contributed by atoms with Crippen molar-refractivity contribution < 1.29 is 4.79 Å². The molecule has 0 radical (unpaired) electrons. The first kappa shape index (κ1) is 9.78. The second-order valence-electron chi connectivity index (χ2n) is 3.38. The third kappa shape index (κ3) is 3.28. The number of benzene rings is 1. The van der Waals surface area contributed by atoms with E-state index in [1.54, 1.807) is 0 Å². The fourth-order valence-corrected chi connectivity index (χ4v) is 1.37. The first-order valence-electron chi connectivity index (χ1n) is 4.47. The van der Waals surface area contributed by atoms with Crippen LogP contribution in [0.5, 0.6) is 0 Å². The SMILES string of the molecule is Cc1cccc(CC(C)NC=O)c1. The van der Waals surface area contributed by atoms with Crippen LogP contribution in [0.4, 0.5) is 0 Å². The van der Waals surface area contributed by atoms with E-state index in [4.69, 9.17) is 0 Å². The standard InChI is InChI=1S/C11H15NO/c1-9-4-3-5-11(6-9)7-10(2)12-8-13/h3-6,8,10H,7H2,1-2H3,(H,12,13). The molecule has 2 nitrogen and oxygen atoms in total. The van der Waals surface area contributed by atoms with Crippen molar-refractivity contribution in [3.63, 3.8) is 0 Å². The van der Waals surface area contributed by atoms with Crippen LogP contribution in [0, 0.1) is 6.92 Å². The first-order valence-corrected chi connectivity index (χ1v) is 4.47. The first-order chi connectivity index (χ1) is 6.22. The molecule has 1 amide bonds. The summed E-state index contributed by atoms with van der Waals surface area (Å²) < 4.78 is 0. The van der Waals surface area contributed by atoms with Gasteiger partial charge in [0.1, 0.15) is 0 Å². The van der Waals surface area contributed by atoms with E-state index in [0.29, 0.717) is 0 Å². The molecule has 1 rings (SSSR count). The summed E-state index contributed by atoms with van der Waals surface area (Å²) in [6.45, 7) is 4.07. The van der Waals surface area contributed by atoms with Crippen molar-refractivity contribution in [2.45, 2.75) is 26.3 Å². The van der Waals surface area contributed by atoms with Gasteiger partial charge in [0.05, 0.1) is 0 Å². The largest absolute Gasteiger partial charge is 0.356 e. The number of nitrogens with one attached hydrogen (secondary N) is 1. The summed E-state index contributed by atoms with van der Waals surface area (Å²) in [6, 6.07) is 8.54. The van der Waals surface area contributed by atoms with Crippen molar-refractivity contribution in [3.8, 4) is 0 Å². The van der Waals surface area contributed by atoms with E-state index < -0.39 is 0 Å². The Bertz CT molecular complexity index is 283. The lowest BCUT2D eigenvalue weighted by Crippen LogP contribution is -2.26. The molecule has 0 aromatic heterocycles. The molecule has 13 heavy (non-hydrogen) atoms. The highest BCUT2D eigenvalue weighted by Gasteiger charge is 2.00. The van der Waals surface area contributed by atoms with Crippen molar-refractivity contribution >= 4 is 6.41 Å². The Labute approximate surface area is 79.0 Å². The maximum absolute atomic E-state index is 10.2. The molecule has 1 aromatic carbocycles. The van der Waals surface area contributed by atoms with Crippen LogP contribution in [-0.2, 0) is 11.2 Å². The average Bonchev–Trinajstić information content (AvgIpc) is 2.04. The van der Waals surface area contributed by atoms with E-state index in [1.807, 2.05) is 13.0 Å². The van der Waals surface area contributed by atoms with E-state index in [0.717, 1.165) is 12.8 Å². The summed E-state index contributed by atoms with van der Waals surface area (Å²) in [5, 5.41) is 2.73. The van der Waals surface area contributed by atoms with Crippen LogP contribution in [0.3, 0.4) is 0 Å². The van der Waals surface area contributed by atoms with Crippen LogP contribution in [0.2, 0.25) is 0 Å². The van der Waals surface area contributed by atoms with E-state index in [9.17, 15) is 4.79 Å². The van der Waals surface area contributed by atoms with Gasteiger partial charge in [0, 0.05) is 6.04 Å². The second-order valence-corrected chi connectivity index (χ2v) is 3.38. The van der Waals surface area contributed by atoms with Crippen LogP contribution in [0.25, 0.3) is 0 Å². The molecule has 0 aliphatic carbocycles. The molecule has 0 aliphatic rings. The summed E-state index contributed by atoms with van der Waals surface area (Å²) in [6.07, 6.45) is 1.64. The number of hydrogen-bond acceptors (Lipinski definition) is 1. The van der Waals surface area contributed by atoms with E-state index in [2.05, 4.69) is 30.4 Å². The maximum atomic E-state index is 10.2. The van der Waals surface area contributed by atoms with E-state index in [-0.39, 0.29) is 6.04 Å². The van der Waals surface area contributed by atoms with Crippen LogP contribution >= 0.6 is 0 Å². The van der Waals surface area contributed by atoms with Gasteiger partial charge in [-0.1, -0.05) is 29.8 Å². The Kier molecular flexibility index (Phi) is 3.50. The van der Waals surface area contributed by atoms with Crippen LogP contribution < -0.4 is 5.32 Å². The minimum Gasteiger partial charge on any atom is -0.356 e. The van der Waals surface area contributed by atoms with Crippen molar-refractivity contribution in [2.24, 2.45) is 0 Å². The summed E-state index contributed by atoms with van der Waals surface area (Å²) in [7, 11) is 0. The van der Waals surface area contributed by atoms with Gasteiger partial charge in [0.2, 0.25) is 6.41 Å². The lowest BCUT2D eigenvalue weighted by atomic mass is 10.1. The smallest absolute Gasteiger partial charge is 0.207 e. The predicted octanol–water partition coefficient (Wildman–Crippen LogP) is 1.67. The van der Waals surface area contributed by atoms with Gasteiger partial charge in [0.25, 0.3) is 0 Å². The number of carbonyl (C=O) groups is 1. The molecule has 0 aliphatic heterocycles. The topological polar surface area (TPSA) is 29.1 Å². The molecule has 0 saturated heterocycles. The van der Waals surface area contributed by atoms with E-state index in [1.165, 1.54) is 11.1 Å². The zero-order valence-electron chi connectivity index (χ0n) is 8.08. The third-order valence-electron chi connectivity index (χ3n) is 1.98. The van der Waals surface area contributed by atoms with Gasteiger partial charge in [0.15, 0.2) is 0 Å². The number of hydrogen-bond donors (Lipinski definition) is 1. The monoisotopic (exact) mass is 177 g/mol.